The zero-order valence-corrected chi connectivity index (χ0v) is 16.8. The Kier molecular flexibility index (Phi) is 4.62. The lowest BCUT2D eigenvalue weighted by Crippen LogP contribution is -2.51. The number of sulfonamides is 1. The van der Waals surface area contributed by atoms with Crippen molar-refractivity contribution in [3.8, 4) is 0 Å². The van der Waals surface area contributed by atoms with E-state index in [2.05, 4.69) is 0 Å². The average Bonchev–Trinajstić information content (AvgIpc) is 2.68. The Bertz CT molecular complexity index is 1210. The van der Waals surface area contributed by atoms with Gasteiger partial charge in [-0.05, 0) is 55.3 Å². The topological polar surface area (TPSA) is 57.7 Å². The molecule has 2 amide bonds. The van der Waals surface area contributed by atoms with Crippen LogP contribution in [0.1, 0.15) is 16.7 Å². The lowest BCUT2D eigenvalue weighted by molar-refractivity contribution is 0.253. The summed E-state index contributed by atoms with van der Waals surface area (Å²) in [7, 11) is -4.07. The summed E-state index contributed by atoms with van der Waals surface area (Å²) in [4.78, 5) is 14.9. The van der Waals surface area contributed by atoms with Gasteiger partial charge in [-0.3, -0.25) is 4.90 Å². The first-order valence-corrected chi connectivity index (χ1v) is 10.5. The predicted molar refractivity (Wildman–Crippen MR) is 110 cm³/mol. The van der Waals surface area contributed by atoms with Crippen LogP contribution in [0.25, 0.3) is 0 Å². The van der Waals surface area contributed by atoms with Crippen molar-refractivity contribution < 1.29 is 17.6 Å². The molecular weight excluding hydrogens is 391 g/mol. The minimum absolute atomic E-state index is 0.0571. The Morgan fingerprint density at radius 3 is 2.28 bits per heavy atom. The first-order valence-electron chi connectivity index (χ1n) is 9.06. The predicted octanol–water partition coefficient (Wildman–Crippen LogP) is 4.78. The molecule has 0 radical (unpaired) electrons. The van der Waals surface area contributed by atoms with Crippen molar-refractivity contribution in [3.63, 3.8) is 0 Å². The Morgan fingerprint density at radius 2 is 1.59 bits per heavy atom. The molecule has 0 bridgehead atoms. The Labute approximate surface area is 169 Å². The number of hydrogen-bond acceptors (Lipinski definition) is 3. The molecule has 7 heteroatoms. The van der Waals surface area contributed by atoms with Crippen molar-refractivity contribution in [3.05, 3.63) is 89.2 Å². The Balaban J connectivity index is 1.88. The molecule has 0 spiro atoms. The number of rotatable bonds is 3. The van der Waals surface area contributed by atoms with Crippen molar-refractivity contribution >= 4 is 27.4 Å². The zero-order valence-electron chi connectivity index (χ0n) is 16.0. The van der Waals surface area contributed by atoms with E-state index < -0.39 is 16.1 Å². The molecule has 0 saturated carbocycles. The first-order chi connectivity index (χ1) is 13.8. The number of fused-ring (bicyclic) bond motifs is 1. The molecule has 29 heavy (non-hydrogen) atoms. The molecule has 3 aromatic carbocycles. The fourth-order valence-corrected chi connectivity index (χ4v) is 5.16. The number of aryl methyl sites for hydroxylation is 2. The number of carbonyl (C=O) groups is 1. The van der Waals surface area contributed by atoms with E-state index in [0.29, 0.717) is 22.5 Å². The standard InChI is InChI=1S/C22H19FN2O3S/c1-15-7-12-19(16(2)13-15)25-22(26)24(14-17-8-10-18(23)11-9-17)20-5-3-4-6-21(20)29(25,27)28/h3-13H,14H2,1-2H3. The van der Waals surface area contributed by atoms with E-state index in [1.54, 1.807) is 49.4 Å². The quantitative estimate of drug-likeness (QED) is 0.625. The van der Waals surface area contributed by atoms with E-state index >= 15 is 0 Å². The van der Waals surface area contributed by atoms with Crippen LogP contribution >= 0.6 is 0 Å². The summed E-state index contributed by atoms with van der Waals surface area (Å²) in [5, 5.41) is 0. The smallest absolute Gasteiger partial charge is 0.287 e. The van der Waals surface area contributed by atoms with Gasteiger partial charge in [0.25, 0.3) is 10.0 Å². The first kappa shape index (κ1) is 19.1. The van der Waals surface area contributed by atoms with Crippen LogP contribution in [0.3, 0.4) is 0 Å². The number of benzene rings is 3. The fourth-order valence-electron chi connectivity index (χ4n) is 3.50. The molecule has 0 fully saturated rings. The molecule has 0 unspecified atom stereocenters. The molecule has 1 heterocycles. The van der Waals surface area contributed by atoms with Gasteiger partial charge in [0.15, 0.2) is 0 Å². The molecule has 5 nitrogen and oxygen atoms in total. The Hall–Kier alpha value is -3.19. The van der Waals surface area contributed by atoms with Crippen LogP contribution in [0, 0.1) is 19.7 Å². The summed E-state index contributed by atoms with van der Waals surface area (Å²) in [6.45, 7) is 3.79. The van der Waals surface area contributed by atoms with Gasteiger partial charge in [0.2, 0.25) is 0 Å². The highest BCUT2D eigenvalue weighted by atomic mass is 32.2. The van der Waals surface area contributed by atoms with E-state index in [-0.39, 0.29) is 17.3 Å². The van der Waals surface area contributed by atoms with Gasteiger partial charge in [0.1, 0.15) is 10.7 Å². The highest BCUT2D eigenvalue weighted by Crippen LogP contribution is 2.39. The van der Waals surface area contributed by atoms with Crippen LogP contribution < -0.4 is 9.21 Å². The van der Waals surface area contributed by atoms with Gasteiger partial charge in [0, 0.05) is 0 Å². The molecule has 0 aliphatic carbocycles. The highest BCUT2D eigenvalue weighted by Gasteiger charge is 2.42. The van der Waals surface area contributed by atoms with E-state index in [1.807, 2.05) is 13.0 Å². The van der Waals surface area contributed by atoms with Gasteiger partial charge in [-0.1, -0.05) is 42.0 Å². The third-order valence-electron chi connectivity index (χ3n) is 4.90. The third kappa shape index (κ3) is 3.27. The van der Waals surface area contributed by atoms with E-state index in [9.17, 15) is 17.6 Å². The van der Waals surface area contributed by atoms with Crippen LogP contribution in [-0.4, -0.2) is 14.4 Å². The summed E-state index contributed by atoms with van der Waals surface area (Å²) in [5.74, 6) is -0.376. The number of para-hydroxylation sites is 1. The van der Waals surface area contributed by atoms with E-state index in [1.165, 1.54) is 23.1 Å². The van der Waals surface area contributed by atoms with Crippen LogP contribution in [0.4, 0.5) is 20.6 Å². The number of amides is 2. The molecule has 0 saturated heterocycles. The molecular formula is C22H19FN2O3S. The molecule has 4 rings (SSSR count). The summed E-state index contributed by atoms with van der Waals surface area (Å²) in [5.41, 5.74) is 2.97. The summed E-state index contributed by atoms with van der Waals surface area (Å²) in [6.07, 6.45) is 0. The van der Waals surface area contributed by atoms with E-state index in [4.69, 9.17) is 0 Å². The molecule has 148 valence electrons. The van der Waals surface area contributed by atoms with Crippen molar-refractivity contribution in [2.24, 2.45) is 0 Å². The maximum Gasteiger partial charge on any atom is 0.343 e. The summed E-state index contributed by atoms with van der Waals surface area (Å²) in [6, 6.07) is 16.8. The number of nitrogens with zero attached hydrogens (tertiary/aromatic N) is 2. The molecule has 0 aromatic heterocycles. The Morgan fingerprint density at radius 1 is 0.897 bits per heavy atom. The average molecular weight is 410 g/mol. The monoisotopic (exact) mass is 410 g/mol. The number of hydrogen-bond donors (Lipinski definition) is 0. The third-order valence-corrected chi connectivity index (χ3v) is 6.64. The van der Waals surface area contributed by atoms with Crippen LogP contribution in [0.15, 0.2) is 71.6 Å². The zero-order chi connectivity index (χ0) is 20.8. The van der Waals surface area contributed by atoms with Crippen LogP contribution in [0.5, 0.6) is 0 Å². The SMILES string of the molecule is Cc1ccc(N2C(=O)N(Cc3ccc(F)cc3)c3ccccc3S2(=O)=O)c(C)c1. The summed E-state index contributed by atoms with van der Waals surface area (Å²) < 4.78 is 40.8. The van der Waals surface area contributed by atoms with Gasteiger partial charge in [-0.25, -0.2) is 17.6 Å². The molecule has 0 N–H and O–H groups in total. The number of carbonyl (C=O) groups excluding carboxylic acids is 1. The second kappa shape index (κ2) is 7.00. The van der Waals surface area contributed by atoms with Gasteiger partial charge in [-0.15, -0.1) is 0 Å². The maximum atomic E-state index is 13.4. The van der Waals surface area contributed by atoms with Crippen LogP contribution in [-0.2, 0) is 16.6 Å². The van der Waals surface area contributed by atoms with E-state index in [0.717, 1.165) is 9.87 Å². The number of urea groups is 1. The molecule has 3 aromatic rings. The molecule has 1 aliphatic heterocycles. The van der Waals surface area contributed by atoms with Gasteiger partial charge < -0.3 is 0 Å². The highest BCUT2D eigenvalue weighted by molar-refractivity contribution is 7.94. The lowest BCUT2D eigenvalue weighted by atomic mass is 10.1. The second-order valence-electron chi connectivity index (χ2n) is 7.02. The normalized spacial score (nSPS) is 15.3. The minimum atomic E-state index is -4.07. The van der Waals surface area contributed by atoms with Gasteiger partial charge >= 0.3 is 6.03 Å². The lowest BCUT2D eigenvalue weighted by Gasteiger charge is -2.36. The largest absolute Gasteiger partial charge is 0.343 e. The number of anilines is 2. The van der Waals surface area contributed by atoms with Crippen LogP contribution in [0.2, 0.25) is 0 Å². The molecule has 1 aliphatic rings. The van der Waals surface area contributed by atoms with Gasteiger partial charge in [0.05, 0.1) is 17.9 Å². The van der Waals surface area contributed by atoms with Crippen molar-refractivity contribution in [1.82, 2.24) is 0 Å². The maximum absolute atomic E-state index is 13.4. The minimum Gasteiger partial charge on any atom is -0.287 e. The van der Waals surface area contributed by atoms with Crippen molar-refractivity contribution in [1.29, 1.82) is 0 Å². The fraction of sp³-hybridized carbons (Fsp3) is 0.136. The van der Waals surface area contributed by atoms with Crippen molar-refractivity contribution in [2.45, 2.75) is 25.3 Å². The van der Waals surface area contributed by atoms with Gasteiger partial charge in [-0.2, -0.15) is 4.31 Å². The summed E-state index contributed by atoms with van der Waals surface area (Å²) >= 11 is 0. The van der Waals surface area contributed by atoms with Crippen molar-refractivity contribution in [2.75, 3.05) is 9.21 Å². The number of halogens is 1. The second-order valence-corrected chi connectivity index (χ2v) is 8.78. The molecule has 0 atom stereocenters.